The van der Waals surface area contributed by atoms with Crippen LogP contribution in [-0.4, -0.2) is 40.8 Å². The fraction of sp³-hybridized carbons (Fsp3) is 0.533. The van der Waals surface area contributed by atoms with E-state index < -0.39 is 0 Å². The lowest BCUT2D eigenvalue weighted by molar-refractivity contribution is 0.0963. The molecule has 2 unspecified atom stereocenters. The molecule has 19 heavy (non-hydrogen) atoms. The molecule has 1 saturated heterocycles. The van der Waals surface area contributed by atoms with Crippen LogP contribution in [0, 0.1) is 0 Å². The van der Waals surface area contributed by atoms with Gasteiger partial charge in [0.1, 0.15) is 0 Å². The minimum Gasteiger partial charge on any atom is -0.301 e. The van der Waals surface area contributed by atoms with Gasteiger partial charge in [-0.3, -0.25) is 4.79 Å². The summed E-state index contributed by atoms with van der Waals surface area (Å²) in [7, 11) is 0. The smallest absolute Gasteiger partial charge is 0.164 e. The molecule has 0 aromatic heterocycles. The fourth-order valence-corrected chi connectivity index (χ4v) is 4.11. The van der Waals surface area contributed by atoms with Gasteiger partial charge in [-0.1, -0.05) is 37.6 Å². The summed E-state index contributed by atoms with van der Waals surface area (Å²) >= 11 is 7.94. The number of carbonyl (C=O) groups is 1. The van der Waals surface area contributed by atoms with E-state index in [1.165, 1.54) is 0 Å². The summed E-state index contributed by atoms with van der Waals surface area (Å²) in [4.78, 5) is 14.5. The number of rotatable bonds is 4. The van der Waals surface area contributed by atoms with Crippen LogP contribution < -0.4 is 0 Å². The highest BCUT2D eigenvalue weighted by atomic mass is 35.5. The van der Waals surface area contributed by atoms with Gasteiger partial charge in [0.15, 0.2) is 5.78 Å². The first-order valence-corrected chi connectivity index (χ1v) is 8.03. The minimum absolute atomic E-state index is 0.182. The molecule has 0 amide bonds. The van der Waals surface area contributed by atoms with Crippen molar-refractivity contribution in [3.63, 3.8) is 0 Å². The number of nitrogens with zero attached hydrogens (tertiary/aromatic N) is 1. The highest BCUT2D eigenvalue weighted by Gasteiger charge is 2.22. The highest BCUT2D eigenvalue weighted by molar-refractivity contribution is 8.00. The van der Waals surface area contributed by atoms with Crippen molar-refractivity contribution in [2.45, 2.75) is 30.8 Å². The second kappa shape index (κ2) is 6.78. The van der Waals surface area contributed by atoms with Gasteiger partial charge in [0.05, 0.1) is 0 Å². The monoisotopic (exact) mass is 297 g/mol. The number of thioether (sulfide) groups is 1. The normalized spacial score (nSPS) is 24.4. The number of hydrogen-bond donors (Lipinski definition) is 0. The Morgan fingerprint density at radius 3 is 2.68 bits per heavy atom. The van der Waals surface area contributed by atoms with Gasteiger partial charge in [-0.15, -0.1) is 0 Å². The Labute approximate surface area is 124 Å². The molecule has 4 heteroatoms. The molecule has 104 valence electrons. The molecule has 0 aliphatic carbocycles. The number of benzene rings is 1. The van der Waals surface area contributed by atoms with Gasteiger partial charge in [0, 0.05) is 47.1 Å². The van der Waals surface area contributed by atoms with E-state index in [-0.39, 0.29) is 5.78 Å². The lowest BCUT2D eigenvalue weighted by Gasteiger charge is -2.34. The largest absolute Gasteiger partial charge is 0.301 e. The van der Waals surface area contributed by atoms with Crippen LogP contribution in [0.3, 0.4) is 0 Å². The van der Waals surface area contributed by atoms with E-state index in [4.69, 9.17) is 11.6 Å². The number of halogens is 1. The number of Topliss-reactive ketones (excluding diaryl/α,β-unsaturated/α-hetero) is 1. The first kappa shape index (κ1) is 14.9. The molecular weight excluding hydrogens is 278 g/mol. The molecule has 2 nitrogen and oxygen atoms in total. The van der Waals surface area contributed by atoms with Crippen molar-refractivity contribution in [1.82, 2.24) is 4.90 Å². The Balaban J connectivity index is 1.86. The van der Waals surface area contributed by atoms with E-state index in [0.717, 1.165) is 25.2 Å². The Bertz CT molecular complexity index is 442. The number of carbonyl (C=O) groups excluding carboxylic acids is 1. The van der Waals surface area contributed by atoms with Crippen molar-refractivity contribution < 1.29 is 4.79 Å². The lowest BCUT2D eigenvalue weighted by Crippen LogP contribution is -2.41. The van der Waals surface area contributed by atoms with Crippen molar-refractivity contribution in [3.05, 3.63) is 34.9 Å². The quantitative estimate of drug-likeness (QED) is 0.790. The van der Waals surface area contributed by atoms with Gasteiger partial charge >= 0.3 is 0 Å². The van der Waals surface area contributed by atoms with Crippen LogP contribution in [0.5, 0.6) is 0 Å². The van der Waals surface area contributed by atoms with Crippen molar-refractivity contribution >= 4 is 29.1 Å². The Kier molecular flexibility index (Phi) is 5.31. The van der Waals surface area contributed by atoms with Crippen molar-refractivity contribution in [1.29, 1.82) is 0 Å². The molecule has 1 aliphatic rings. The summed E-state index contributed by atoms with van der Waals surface area (Å²) in [6, 6.07) is 7.22. The standard InChI is InChI=1S/C15H20ClNOS/c1-11-9-17(10-12(2)19-11)7-6-15(18)13-4-3-5-14(16)8-13/h3-5,8,11-12H,6-7,9-10H2,1-2H3. The molecule has 1 heterocycles. The molecule has 0 spiro atoms. The number of hydrogen-bond acceptors (Lipinski definition) is 3. The summed E-state index contributed by atoms with van der Waals surface area (Å²) in [5.74, 6) is 0.182. The zero-order valence-corrected chi connectivity index (χ0v) is 13.0. The number of ketones is 1. The molecule has 1 aromatic carbocycles. The maximum atomic E-state index is 12.1. The average Bonchev–Trinajstić information content (AvgIpc) is 2.35. The average molecular weight is 298 g/mol. The molecule has 2 atom stereocenters. The molecule has 1 aliphatic heterocycles. The zero-order chi connectivity index (χ0) is 13.8. The molecule has 1 fully saturated rings. The maximum absolute atomic E-state index is 12.1. The summed E-state index contributed by atoms with van der Waals surface area (Å²) in [6.07, 6.45) is 0.574. The first-order chi connectivity index (χ1) is 9.04. The van der Waals surface area contributed by atoms with Gasteiger partial charge in [-0.25, -0.2) is 0 Å². The maximum Gasteiger partial charge on any atom is 0.164 e. The van der Waals surface area contributed by atoms with Crippen LogP contribution in [0.15, 0.2) is 24.3 Å². The molecule has 2 rings (SSSR count). The van der Waals surface area contributed by atoms with Crippen LogP contribution in [0.25, 0.3) is 0 Å². The van der Waals surface area contributed by atoms with E-state index in [1.807, 2.05) is 23.9 Å². The summed E-state index contributed by atoms with van der Waals surface area (Å²) in [5.41, 5.74) is 0.722. The van der Waals surface area contributed by atoms with Gasteiger partial charge in [-0.2, -0.15) is 11.8 Å². The van der Waals surface area contributed by atoms with Crippen molar-refractivity contribution in [2.75, 3.05) is 19.6 Å². The summed E-state index contributed by atoms with van der Waals surface area (Å²) < 4.78 is 0. The SMILES string of the molecule is CC1CN(CCC(=O)c2cccc(Cl)c2)CC(C)S1. The third kappa shape index (κ3) is 4.51. The molecule has 0 bridgehead atoms. The van der Waals surface area contributed by atoms with Gasteiger partial charge < -0.3 is 4.90 Å². The van der Waals surface area contributed by atoms with E-state index in [0.29, 0.717) is 21.9 Å². The Morgan fingerprint density at radius 2 is 2.05 bits per heavy atom. The molecule has 0 saturated carbocycles. The minimum atomic E-state index is 0.182. The summed E-state index contributed by atoms with van der Waals surface area (Å²) in [5, 5.41) is 1.94. The molecular formula is C15H20ClNOS. The lowest BCUT2D eigenvalue weighted by atomic mass is 10.1. The van der Waals surface area contributed by atoms with E-state index in [2.05, 4.69) is 18.7 Å². The van der Waals surface area contributed by atoms with Crippen LogP contribution in [0.4, 0.5) is 0 Å². The topological polar surface area (TPSA) is 20.3 Å². The van der Waals surface area contributed by atoms with Crippen LogP contribution >= 0.6 is 23.4 Å². The third-order valence-electron chi connectivity index (χ3n) is 3.30. The summed E-state index contributed by atoms with van der Waals surface area (Å²) in [6.45, 7) is 7.52. The van der Waals surface area contributed by atoms with Crippen LogP contribution in [0.1, 0.15) is 30.6 Å². The predicted octanol–water partition coefficient (Wildman–Crippen LogP) is 3.74. The molecule has 0 radical (unpaired) electrons. The molecule has 0 N–H and O–H groups in total. The van der Waals surface area contributed by atoms with E-state index in [1.54, 1.807) is 12.1 Å². The Hall–Kier alpha value is -0.510. The second-order valence-electron chi connectivity index (χ2n) is 5.20. The predicted molar refractivity (Wildman–Crippen MR) is 83.4 cm³/mol. The highest BCUT2D eigenvalue weighted by Crippen LogP contribution is 2.24. The Morgan fingerprint density at radius 1 is 1.37 bits per heavy atom. The fourth-order valence-electron chi connectivity index (χ4n) is 2.53. The van der Waals surface area contributed by atoms with Crippen LogP contribution in [0.2, 0.25) is 5.02 Å². The van der Waals surface area contributed by atoms with Gasteiger partial charge in [-0.05, 0) is 12.1 Å². The molecule has 1 aromatic rings. The third-order valence-corrected chi connectivity index (χ3v) is 4.76. The van der Waals surface area contributed by atoms with E-state index in [9.17, 15) is 4.79 Å². The first-order valence-electron chi connectivity index (χ1n) is 6.71. The van der Waals surface area contributed by atoms with Crippen LogP contribution in [-0.2, 0) is 0 Å². The van der Waals surface area contributed by atoms with Gasteiger partial charge in [0.2, 0.25) is 0 Å². The van der Waals surface area contributed by atoms with Crippen molar-refractivity contribution in [3.8, 4) is 0 Å². The zero-order valence-electron chi connectivity index (χ0n) is 11.4. The van der Waals surface area contributed by atoms with Crippen molar-refractivity contribution in [2.24, 2.45) is 0 Å². The van der Waals surface area contributed by atoms with Gasteiger partial charge in [0.25, 0.3) is 0 Å². The van der Waals surface area contributed by atoms with E-state index >= 15 is 0 Å². The second-order valence-corrected chi connectivity index (χ2v) is 7.52.